The molecule has 2 unspecified atom stereocenters. The number of aliphatic hydroxyl groups excluding tert-OH is 1. The van der Waals surface area contributed by atoms with Gasteiger partial charge in [-0.25, -0.2) is 0 Å². The van der Waals surface area contributed by atoms with E-state index in [1.54, 1.807) is 14.0 Å². The van der Waals surface area contributed by atoms with Gasteiger partial charge in [-0.05, 0) is 38.4 Å². The standard InChI is InChI=1S/C26H28N2O8/c1-10-6-12-7-13-26(32)28-14(8-29)16-17(23(34-5)11(2)24-25(16)36-9-35-24)20(30)19(28)18(27(13)3)15(12)21(31)22(10)33-4/h6,13-14,18-19,29,31H,7-9H2,1-5H3/t13-,14-,18?,19?/m0/s1. The highest BCUT2D eigenvalue weighted by Gasteiger charge is 2.59. The van der Waals surface area contributed by atoms with E-state index in [-0.39, 0.29) is 29.8 Å². The number of ketones is 1. The number of Topliss-reactive ketones (excluding diaryl/α,β-unsaturated/α-hetero) is 1. The molecule has 2 bridgehead atoms. The first kappa shape index (κ1) is 22.9. The number of aryl methyl sites for hydroxylation is 1. The minimum Gasteiger partial charge on any atom is -0.504 e. The van der Waals surface area contributed by atoms with Gasteiger partial charge in [0.2, 0.25) is 12.7 Å². The number of aliphatic hydroxyl groups is 1. The summed E-state index contributed by atoms with van der Waals surface area (Å²) < 4.78 is 22.6. The third-order valence-corrected chi connectivity index (χ3v) is 8.14. The molecule has 0 saturated carbocycles. The quantitative estimate of drug-likeness (QED) is 0.656. The summed E-state index contributed by atoms with van der Waals surface area (Å²) in [5, 5.41) is 21.9. The molecule has 2 aromatic rings. The summed E-state index contributed by atoms with van der Waals surface area (Å²) in [6.45, 7) is 3.16. The van der Waals surface area contributed by atoms with Crippen molar-refractivity contribution in [2.75, 3.05) is 34.7 Å². The first-order valence-corrected chi connectivity index (χ1v) is 11.8. The van der Waals surface area contributed by atoms with E-state index in [0.29, 0.717) is 46.1 Å². The van der Waals surface area contributed by atoms with Gasteiger partial charge in [-0.1, -0.05) is 6.07 Å². The van der Waals surface area contributed by atoms with Crippen LogP contribution in [0, 0.1) is 13.8 Å². The molecule has 0 radical (unpaired) electrons. The topological polar surface area (TPSA) is 118 Å². The lowest BCUT2D eigenvalue weighted by Gasteiger charge is -2.56. The average Bonchev–Trinajstić information content (AvgIpc) is 3.34. The number of rotatable bonds is 3. The Morgan fingerprint density at radius 2 is 1.75 bits per heavy atom. The van der Waals surface area contributed by atoms with E-state index in [4.69, 9.17) is 18.9 Å². The van der Waals surface area contributed by atoms with E-state index in [2.05, 4.69) is 0 Å². The van der Waals surface area contributed by atoms with Gasteiger partial charge < -0.3 is 34.1 Å². The Morgan fingerprint density at radius 3 is 2.42 bits per heavy atom. The number of piperazine rings is 1. The molecular formula is C26H28N2O8. The number of phenols is 1. The molecule has 2 N–H and O–H groups in total. The summed E-state index contributed by atoms with van der Waals surface area (Å²) >= 11 is 0. The minimum absolute atomic E-state index is 0.0339. The molecule has 1 amide bonds. The molecule has 4 aliphatic rings. The summed E-state index contributed by atoms with van der Waals surface area (Å²) in [4.78, 5) is 31.7. The number of hydrogen-bond acceptors (Lipinski definition) is 9. The fourth-order valence-corrected chi connectivity index (χ4v) is 6.66. The van der Waals surface area contributed by atoms with Crippen LogP contribution < -0.4 is 18.9 Å². The van der Waals surface area contributed by atoms with Crippen molar-refractivity contribution in [2.24, 2.45) is 0 Å². The van der Waals surface area contributed by atoms with Crippen LogP contribution in [0.15, 0.2) is 6.07 Å². The van der Waals surface area contributed by atoms with Crippen LogP contribution in [0.25, 0.3) is 0 Å². The van der Waals surface area contributed by atoms with Gasteiger partial charge >= 0.3 is 0 Å². The summed E-state index contributed by atoms with van der Waals surface area (Å²) in [6.07, 6.45) is 0.358. The van der Waals surface area contributed by atoms with E-state index in [0.717, 1.165) is 11.1 Å². The largest absolute Gasteiger partial charge is 0.504 e. The van der Waals surface area contributed by atoms with Crippen LogP contribution in [0.1, 0.15) is 50.3 Å². The number of amides is 1. The highest BCUT2D eigenvalue weighted by molar-refractivity contribution is 6.10. The van der Waals surface area contributed by atoms with Gasteiger partial charge in [-0.15, -0.1) is 0 Å². The summed E-state index contributed by atoms with van der Waals surface area (Å²) in [5.74, 6) is 0.822. The Hall–Kier alpha value is -3.50. The molecule has 6 rings (SSSR count). The molecule has 2 aromatic carbocycles. The minimum atomic E-state index is -1.01. The Balaban J connectivity index is 1.65. The maximum atomic E-state index is 14.4. The number of hydrogen-bond donors (Lipinski definition) is 2. The molecule has 36 heavy (non-hydrogen) atoms. The highest BCUT2D eigenvalue weighted by Crippen LogP contribution is 2.57. The summed E-state index contributed by atoms with van der Waals surface area (Å²) in [5.41, 5.74) is 3.39. The van der Waals surface area contributed by atoms with Crippen molar-refractivity contribution in [3.8, 4) is 28.7 Å². The fourth-order valence-electron chi connectivity index (χ4n) is 6.66. The molecule has 4 aliphatic heterocycles. The molecular weight excluding hydrogens is 468 g/mol. The molecule has 10 nitrogen and oxygen atoms in total. The molecule has 10 heteroatoms. The van der Waals surface area contributed by atoms with Crippen molar-refractivity contribution in [2.45, 2.75) is 44.4 Å². The molecule has 4 atom stereocenters. The van der Waals surface area contributed by atoms with Gasteiger partial charge in [-0.3, -0.25) is 14.5 Å². The van der Waals surface area contributed by atoms with Gasteiger partial charge in [0.05, 0.1) is 44.5 Å². The van der Waals surface area contributed by atoms with Crippen molar-refractivity contribution in [3.05, 3.63) is 39.4 Å². The van der Waals surface area contributed by atoms with E-state index in [1.165, 1.54) is 19.1 Å². The monoisotopic (exact) mass is 496 g/mol. The third-order valence-electron chi connectivity index (χ3n) is 8.14. The second-order valence-corrected chi connectivity index (χ2v) is 9.74. The van der Waals surface area contributed by atoms with Gasteiger partial charge in [-0.2, -0.15) is 0 Å². The molecule has 190 valence electrons. The lowest BCUT2D eigenvalue weighted by molar-refractivity contribution is -0.155. The number of nitrogens with zero attached hydrogens (tertiary/aromatic N) is 2. The van der Waals surface area contributed by atoms with Crippen LogP contribution in [-0.4, -0.2) is 78.5 Å². The molecule has 0 aromatic heterocycles. The second-order valence-electron chi connectivity index (χ2n) is 9.74. The number of aromatic hydroxyl groups is 1. The molecule has 1 fully saturated rings. The first-order valence-electron chi connectivity index (χ1n) is 11.8. The molecule has 4 heterocycles. The number of benzene rings is 2. The number of likely N-dealkylation sites (N-methyl/N-ethyl adjacent to an activating group) is 1. The predicted molar refractivity (Wildman–Crippen MR) is 126 cm³/mol. The SMILES string of the molecule is COc1c(C)cc2c(c1O)C1C3C(=O)c4c(OC)c(C)c5c(c4[C@H](CO)N3C(=O)[C@H](C2)N1C)OCO5. The molecule has 1 saturated heterocycles. The molecule has 0 spiro atoms. The van der Waals surface area contributed by atoms with Crippen molar-refractivity contribution >= 4 is 11.7 Å². The molecule has 0 aliphatic carbocycles. The van der Waals surface area contributed by atoms with Crippen LogP contribution >= 0.6 is 0 Å². The Morgan fingerprint density at radius 1 is 1.06 bits per heavy atom. The number of carbonyl (C=O) groups is 2. The maximum absolute atomic E-state index is 14.4. The normalized spacial score (nSPS) is 25.9. The zero-order valence-corrected chi connectivity index (χ0v) is 20.7. The number of carbonyl (C=O) groups excluding carboxylic acids is 2. The Labute approximate surface area is 207 Å². The van der Waals surface area contributed by atoms with E-state index < -0.39 is 30.8 Å². The zero-order chi connectivity index (χ0) is 25.6. The Bertz CT molecular complexity index is 1340. The number of phenolic OH excluding ortho intramolecular Hbond substituents is 1. The maximum Gasteiger partial charge on any atom is 0.241 e. The van der Waals surface area contributed by atoms with Crippen LogP contribution in [0.2, 0.25) is 0 Å². The van der Waals surface area contributed by atoms with Crippen molar-refractivity contribution in [3.63, 3.8) is 0 Å². The zero-order valence-electron chi connectivity index (χ0n) is 20.7. The summed E-state index contributed by atoms with van der Waals surface area (Å²) in [7, 11) is 4.75. The lowest BCUT2D eigenvalue weighted by Crippen LogP contribution is -2.68. The lowest BCUT2D eigenvalue weighted by atomic mass is 9.73. The number of fused-ring (bicyclic) bond motifs is 9. The van der Waals surface area contributed by atoms with E-state index in [1.807, 2.05) is 17.9 Å². The predicted octanol–water partition coefficient (Wildman–Crippen LogP) is 1.79. The van der Waals surface area contributed by atoms with Gasteiger partial charge in [0.1, 0.15) is 11.8 Å². The van der Waals surface area contributed by atoms with E-state index in [9.17, 15) is 19.8 Å². The summed E-state index contributed by atoms with van der Waals surface area (Å²) in [6, 6.07) is -1.16. The van der Waals surface area contributed by atoms with Crippen molar-refractivity contribution in [1.29, 1.82) is 0 Å². The average molecular weight is 497 g/mol. The first-order chi connectivity index (χ1) is 17.3. The van der Waals surface area contributed by atoms with Gasteiger partial charge in [0.25, 0.3) is 0 Å². The Kier molecular flexibility index (Phi) is 4.94. The van der Waals surface area contributed by atoms with Gasteiger partial charge in [0, 0.05) is 16.7 Å². The third kappa shape index (κ3) is 2.63. The van der Waals surface area contributed by atoms with Crippen LogP contribution in [-0.2, 0) is 11.2 Å². The fraction of sp³-hybridized carbons (Fsp3) is 0.462. The van der Waals surface area contributed by atoms with Crippen molar-refractivity contribution < 1.29 is 38.7 Å². The van der Waals surface area contributed by atoms with Crippen molar-refractivity contribution in [1.82, 2.24) is 9.80 Å². The number of methoxy groups -OCH3 is 2. The highest BCUT2D eigenvalue weighted by atomic mass is 16.7. The van der Waals surface area contributed by atoms with Crippen LogP contribution in [0.4, 0.5) is 0 Å². The van der Waals surface area contributed by atoms with Gasteiger partial charge in [0.15, 0.2) is 28.8 Å². The number of ether oxygens (including phenoxy) is 4. The smallest absolute Gasteiger partial charge is 0.241 e. The van der Waals surface area contributed by atoms with Crippen LogP contribution in [0.3, 0.4) is 0 Å². The van der Waals surface area contributed by atoms with Crippen LogP contribution in [0.5, 0.6) is 28.7 Å². The second kappa shape index (κ2) is 7.75. The van der Waals surface area contributed by atoms with E-state index >= 15 is 0 Å².